The van der Waals surface area contributed by atoms with Gasteiger partial charge < -0.3 is 4.74 Å². The van der Waals surface area contributed by atoms with E-state index in [1.54, 1.807) is 0 Å². The minimum Gasteiger partial charge on any atom is -0.478 e. The molecule has 2 nitrogen and oxygen atoms in total. The zero-order valence-electron chi connectivity index (χ0n) is 7.29. The van der Waals surface area contributed by atoms with Crippen molar-refractivity contribution in [1.82, 2.24) is 4.90 Å². The average Bonchev–Trinajstić information content (AvgIpc) is 2.17. The third-order valence-corrected chi connectivity index (χ3v) is 2.22. The first-order valence-electron chi connectivity index (χ1n) is 4.33. The number of nitrogens with zero attached hydrogens (tertiary/aromatic N) is 1. The average molecular weight is 163 g/mol. The van der Waals surface area contributed by atoms with Crippen LogP contribution in [0.25, 0.3) is 0 Å². The van der Waals surface area contributed by atoms with Gasteiger partial charge in [0.25, 0.3) is 0 Å². The van der Waals surface area contributed by atoms with Gasteiger partial charge in [0, 0.05) is 12.1 Å². The Hall–Kier alpha value is -1.02. The molecule has 64 valence electrons. The smallest absolute Gasteiger partial charge is 0.142 e. The van der Waals surface area contributed by atoms with E-state index in [0.717, 1.165) is 25.6 Å². The van der Waals surface area contributed by atoms with Crippen LogP contribution in [0.15, 0.2) is 24.3 Å². The van der Waals surface area contributed by atoms with Crippen molar-refractivity contribution in [3.05, 3.63) is 29.8 Å². The Morgan fingerprint density at radius 3 is 3.08 bits per heavy atom. The maximum absolute atomic E-state index is 5.55. The van der Waals surface area contributed by atoms with Crippen molar-refractivity contribution in [2.24, 2.45) is 0 Å². The molecule has 0 fully saturated rings. The number of hydrogen-bond donors (Lipinski definition) is 0. The molecule has 0 saturated carbocycles. The lowest BCUT2D eigenvalue weighted by molar-refractivity contribution is 0.101. The summed E-state index contributed by atoms with van der Waals surface area (Å²) in [6.07, 6.45) is 0. The number of fused-ring (bicyclic) bond motifs is 1. The lowest BCUT2D eigenvalue weighted by Crippen LogP contribution is -2.31. The van der Waals surface area contributed by atoms with Gasteiger partial charge in [0.15, 0.2) is 0 Å². The van der Waals surface area contributed by atoms with Crippen LogP contribution in [0.4, 0.5) is 0 Å². The third kappa shape index (κ3) is 1.30. The summed E-state index contributed by atoms with van der Waals surface area (Å²) in [6, 6.07) is 8.22. The fraction of sp³-hybridized carbons (Fsp3) is 0.400. The number of hydrogen-bond acceptors (Lipinski definition) is 2. The fourth-order valence-electron chi connectivity index (χ4n) is 1.43. The minimum atomic E-state index is 0.730. The predicted molar refractivity (Wildman–Crippen MR) is 48.0 cm³/mol. The van der Waals surface area contributed by atoms with Crippen LogP contribution in [0.1, 0.15) is 12.5 Å². The summed E-state index contributed by atoms with van der Waals surface area (Å²) < 4.78 is 5.55. The second-order valence-electron chi connectivity index (χ2n) is 3.03. The van der Waals surface area contributed by atoms with E-state index >= 15 is 0 Å². The van der Waals surface area contributed by atoms with Gasteiger partial charge in [0.1, 0.15) is 12.5 Å². The van der Waals surface area contributed by atoms with Crippen molar-refractivity contribution in [3.8, 4) is 5.75 Å². The largest absolute Gasteiger partial charge is 0.478 e. The highest BCUT2D eigenvalue weighted by Gasteiger charge is 2.13. The highest BCUT2D eigenvalue weighted by atomic mass is 16.5. The molecule has 0 amide bonds. The maximum Gasteiger partial charge on any atom is 0.142 e. The molecule has 0 atom stereocenters. The van der Waals surface area contributed by atoms with Crippen LogP contribution in [-0.4, -0.2) is 18.2 Å². The van der Waals surface area contributed by atoms with Crippen molar-refractivity contribution in [3.63, 3.8) is 0 Å². The van der Waals surface area contributed by atoms with Gasteiger partial charge in [-0.25, -0.2) is 0 Å². The SMILES string of the molecule is CCN1COc2ccccc2C1. The number of para-hydroxylation sites is 1. The maximum atomic E-state index is 5.55. The van der Waals surface area contributed by atoms with Crippen LogP contribution in [0.2, 0.25) is 0 Å². The lowest BCUT2D eigenvalue weighted by Gasteiger charge is -2.27. The summed E-state index contributed by atoms with van der Waals surface area (Å²) in [6.45, 7) is 4.95. The Morgan fingerprint density at radius 1 is 1.42 bits per heavy atom. The van der Waals surface area contributed by atoms with E-state index in [1.165, 1.54) is 5.56 Å². The first-order chi connectivity index (χ1) is 5.90. The van der Waals surface area contributed by atoms with Crippen molar-refractivity contribution >= 4 is 0 Å². The van der Waals surface area contributed by atoms with E-state index in [4.69, 9.17) is 4.74 Å². The van der Waals surface area contributed by atoms with E-state index < -0.39 is 0 Å². The molecule has 0 unspecified atom stereocenters. The van der Waals surface area contributed by atoms with E-state index in [9.17, 15) is 0 Å². The summed E-state index contributed by atoms with van der Waals surface area (Å²) >= 11 is 0. The Balaban J connectivity index is 2.23. The highest BCUT2D eigenvalue weighted by molar-refractivity contribution is 5.34. The summed E-state index contributed by atoms with van der Waals surface area (Å²) in [5, 5.41) is 0. The zero-order valence-corrected chi connectivity index (χ0v) is 7.29. The van der Waals surface area contributed by atoms with Crippen molar-refractivity contribution < 1.29 is 4.74 Å². The summed E-state index contributed by atoms with van der Waals surface area (Å²) in [7, 11) is 0. The molecule has 0 N–H and O–H groups in total. The number of ether oxygens (including phenoxy) is 1. The van der Waals surface area contributed by atoms with E-state index in [0.29, 0.717) is 0 Å². The molecule has 1 heterocycles. The van der Waals surface area contributed by atoms with Crippen LogP contribution in [-0.2, 0) is 6.54 Å². The molecule has 1 aromatic rings. The Kier molecular flexibility index (Phi) is 2.00. The van der Waals surface area contributed by atoms with Gasteiger partial charge in [-0.3, -0.25) is 4.90 Å². The van der Waals surface area contributed by atoms with Gasteiger partial charge in [0.2, 0.25) is 0 Å². The Bertz CT molecular complexity index is 272. The molecular weight excluding hydrogens is 150 g/mol. The second kappa shape index (κ2) is 3.15. The first kappa shape index (κ1) is 7.62. The van der Waals surface area contributed by atoms with Crippen LogP contribution < -0.4 is 4.74 Å². The summed E-state index contributed by atoms with van der Waals surface area (Å²) in [4.78, 5) is 2.27. The van der Waals surface area contributed by atoms with Crippen molar-refractivity contribution in [2.75, 3.05) is 13.3 Å². The topological polar surface area (TPSA) is 12.5 Å². The van der Waals surface area contributed by atoms with E-state index in [2.05, 4.69) is 24.0 Å². The van der Waals surface area contributed by atoms with Gasteiger partial charge in [-0.15, -0.1) is 0 Å². The molecule has 0 bridgehead atoms. The highest BCUT2D eigenvalue weighted by Crippen LogP contribution is 2.23. The molecule has 0 aliphatic carbocycles. The minimum absolute atomic E-state index is 0.730. The number of rotatable bonds is 1. The molecule has 0 spiro atoms. The van der Waals surface area contributed by atoms with Gasteiger partial charge in [-0.05, 0) is 12.6 Å². The van der Waals surface area contributed by atoms with E-state index in [-0.39, 0.29) is 0 Å². The van der Waals surface area contributed by atoms with Crippen molar-refractivity contribution in [2.45, 2.75) is 13.5 Å². The summed E-state index contributed by atoms with van der Waals surface area (Å²) in [5.41, 5.74) is 1.30. The molecule has 1 aliphatic heterocycles. The molecule has 2 heteroatoms. The van der Waals surface area contributed by atoms with Crippen molar-refractivity contribution in [1.29, 1.82) is 0 Å². The predicted octanol–water partition coefficient (Wildman–Crippen LogP) is 1.86. The summed E-state index contributed by atoms with van der Waals surface area (Å²) in [5.74, 6) is 1.04. The molecule has 0 radical (unpaired) electrons. The zero-order chi connectivity index (χ0) is 8.39. The number of benzene rings is 1. The normalized spacial score (nSPS) is 16.8. The molecule has 0 saturated heterocycles. The van der Waals surface area contributed by atoms with Crippen LogP contribution in [0, 0.1) is 0 Å². The van der Waals surface area contributed by atoms with Crippen LogP contribution in [0.5, 0.6) is 5.75 Å². The van der Waals surface area contributed by atoms with Gasteiger partial charge in [-0.1, -0.05) is 25.1 Å². The van der Waals surface area contributed by atoms with Gasteiger partial charge in [-0.2, -0.15) is 0 Å². The first-order valence-corrected chi connectivity index (χ1v) is 4.33. The monoisotopic (exact) mass is 163 g/mol. The van der Waals surface area contributed by atoms with Gasteiger partial charge in [0.05, 0.1) is 0 Å². The second-order valence-corrected chi connectivity index (χ2v) is 3.03. The molecule has 1 aromatic carbocycles. The quantitative estimate of drug-likeness (QED) is 0.626. The molecule has 12 heavy (non-hydrogen) atoms. The fourth-order valence-corrected chi connectivity index (χ4v) is 1.43. The molecular formula is C10H13NO. The Morgan fingerprint density at radius 2 is 2.25 bits per heavy atom. The standard InChI is InChI=1S/C10H13NO/c1-2-11-7-9-5-3-4-6-10(9)12-8-11/h3-6H,2,7-8H2,1H3. The molecule has 1 aliphatic rings. The molecule has 0 aromatic heterocycles. The third-order valence-electron chi connectivity index (χ3n) is 2.22. The lowest BCUT2D eigenvalue weighted by atomic mass is 10.2. The van der Waals surface area contributed by atoms with Crippen LogP contribution in [0.3, 0.4) is 0 Å². The Labute approximate surface area is 72.8 Å². The van der Waals surface area contributed by atoms with Crippen LogP contribution >= 0.6 is 0 Å². The van der Waals surface area contributed by atoms with Gasteiger partial charge >= 0.3 is 0 Å². The van der Waals surface area contributed by atoms with E-state index in [1.807, 2.05) is 12.1 Å². The molecule has 2 rings (SSSR count).